The third-order valence-corrected chi connectivity index (χ3v) is 7.24. The molecule has 34 heavy (non-hydrogen) atoms. The molecule has 0 atom stereocenters. The number of carbonyl (C=O) groups excluding carboxylic acids is 2. The Balaban J connectivity index is 1.41. The lowest BCUT2D eigenvalue weighted by molar-refractivity contribution is -0.113. The molecule has 2 amide bonds. The van der Waals surface area contributed by atoms with Gasteiger partial charge in [-0.1, -0.05) is 11.6 Å². The fourth-order valence-electron chi connectivity index (χ4n) is 4.39. The Morgan fingerprint density at radius 3 is 2.21 bits per heavy atom. The third-order valence-electron chi connectivity index (χ3n) is 6.12. The van der Waals surface area contributed by atoms with Gasteiger partial charge < -0.3 is 14.2 Å². The molecular weight excluding hydrogens is 470 g/mol. The van der Waals surface area contributed by atoms with Gasteiger partial charge in [-0.3, -0.25) is 9.59 Å². The minimum absolute atomic E-state index is 0.314. The van der Waals surface area contributed by atoms with Crippen molar-refractivity contribution >= 4 is 52.0 Å². The van der Waals surface area contributed by atoms with Crippen LogP contribution in [0.4, 0.5) is 16.2 Å². The number of nitrogens with zero attached hydrogens (tertiary/aromatic N) is 3. The van der Waals surface area contributed by atoms with Crippen molar-refractivity contribution in [2.45, 2.75) is 13.8 Å². The lowest BCUT2D eigenvalue weighted by Crippen LogP contribution is -2.36. The third kappa shape index (κ3) is 4.27. The molecule has 8 heteroatoms. The first kappa shape index (κ1) is 22.8. The van der Waals surface area contributed by atoms with Crippen LogP contribution < -0.4 is 9.80 Å². The Kier molecular flexibility index (Phi) is 6.25. The number of amides is 2. The minimum atomic E-state index is -0.322. The molecule has 0 N–H and O–H groups in total. The molecule has 0 aliphatic carbocycles. The van der Waals surface area contributed by atoms with Gasteiger partial charge in [0.25, 0.3) is 11.1 Å². The van der Waals surface area contributed by atoms with Crippen molar-refractivity contribution in [1.82, 2.24) is 4.57 Å². The zero-order chi connectivity index (χ0) is 23.8. The van der Waals surface area contributed by atoms with E-state index in [0.29, 0.717) is 15.6 Å². The summed E-state index contributed by atoms with van der Waals surface area (Å²) in [5, 5.41) is 0.239. The molecule has 5 rings (SSSR count). The zero-order valence-corrected chi connectivity index (χ0v) is 20.5. The summed E-state index contributed by atoms with van der Waals surface area (Å²) in [5.74, 6) is -0.322. The van der Waals surface area contributed by atoms with Crippen LogP contribution in [-0.2, 0) is 9.53 Å². The van der Waals surface area contributed by atoms with Gasteiger partial charge >= 0.3 is 0 Å². The molecule has 0 unspecified atom stereocenters. The molecule has 3 heterocycles. The monoisotopic (exact) mass is 493 g/mol. The fraction of sp³-hybridized carbons (Fsp3) is 0.231. The number of hydrogen-bond donors (Lipinski definition) is 0. The maximum absolute atomic E-state index is 13.0. The van der Waals surface area contributed by atoms with Gasteiger partial charge in [-0.2, -0.15) is 0 Å². The topological polar surface area (TPSA) is 54.8 Å². The largest absolute Gasteiger partial charge is 0.378 e. The van der Waals surface area contributed by atoms with Crippen molar-refractivity contribution in [2.24, 2.45) is 0 Å². The number of imide groups is 1. The van der Waals surface area contributed by atoms with Gasteiger partial charge in [0.05, 0.1) is 23.8 Å². The zero-order valence-electron chi connectivity index (χ0n) is 19.0. The van der Waals surface area contributed by atoms with E-state index in [1.165, 1.54) is 10.6 Å². The summed E-state index contributed by atoms with van der Waals surface area (Å²) in [6.07, 6.45) is 1.81. The number of carbonyl (C=O) groups is 2. The van der Waals surface area contributed by atoms with E-state index in [1.807, 2.05) is 26.0 Å². The number of aromatic nitrogens is 1. The Labute approximate surface area is 207 Å². The van der Waals surface area contributed by atoms with Crippen molar-refractivity contribution in [1.29, 1.82) is 0 Å². The SMILES string of the molecule is Cc1cc(/C=C2\SC(=O)N(c3ccc(Cl)cc3)C2=O)c(C)n1-c1ccc(N2CCOCC2)cc1. The van der Waals surface area contributed by atoms with Crippen LogP contribution >= 0.6 is 23.4 Å². The Morgan fingerprint density at radius 2 is 1.53 bits per heavy atom. The quantitative estimate of drug-likeness (QED) is 0.428. The molecule has 2 saturated heterocycles. The highest BCUT2D eigenvalue weighted by Crippen LogP contribution is 2.37. The number of rotatable bonds is 4. The predicted octanol–water partition coefficient (Wildman–Crippen LogP) is 5.83. The normalized spacial score (nSPS) is 17.8. The summed E-state index contributed by atoms with van der Waals surface area (Å²) in [4.78, 5) is 29.5. The average molecular weight is 494 g/mol. The number of hydrogen-bond acceptors (Lipinski definition) is 5. The van der Waals surface area contributed by atoms with Gasteiger partial charge in [0.1, 0.15) is 0 Å². The van der Waals surface area contributed by atoms with E-state index in [-0.39, 0.29) is 11.1 Å². The van der Waals surface area contributed by atoms with E-state index < -0.39 is 0 Å². The number of thioether (sulfide) groups is 1. The van der Waals surface area contributed by atoms with E-state index in [1.54, 1.807) is 24.3 Å². The van der Waals surface area contributed by atoms with Gasteiger partial charge in [-0.25, -0.2) is 4.90 Å². The highest BCUT2D eigenvalue weighted by atomic mass is 35.5. The molecule has 2 aliphatic rings. The van der Waals surface area contributed by atoms with E-state index >= 15 is 0 Å². The Bertz CT molecular complexity index is 1280. The number of halogens is 1. The molecule has 3 aromatic rings. The van der Waals surface area contributed by atoms with Crippen LogP contribution in [0.5, 0.6) is 0 Å². The summed E-state index contributed by atoms with van der Waals surface area (Å²) >= 11 is 6.90. The van der Waals surface area contributed by atoms with Crippen LogP contribution in [0.3, 0.4) is 0 Å². The van der Waals surface area contributed by atoms with Crippen LogP contribution in [0.15, 0.2) is 59.5 Å². The first-order valence-electron chi connectivity index (χ1n) is 11.1. The van der Waals surface area contributed by atoms with Gasteiger partial charge in [-0.15, -0.1) is 0 Å². The molecule has 2 aromatic carbocycles. The fourth-order valence-corrected chi connectivity index (χ4v) is 5.35. The standard InChI is InChI=1S/C26H24ClN3O3S/c1-17-15-19(16-24-25(31)30(26(32)34-24)23-5-3-20(27)4-6-23)18(2)29(17)22-9-7-21(8-10-22)28-11-13-33-14-12-28/h3-10,15-16H,11-14H2,1-2H3/b24-16-. The summed E-state index contributed by atoms with van der Waals surface area (Å²) in [5.41, 5.74) is 5.73. The Morgan fingerprint density at radius 1 is 0.912 bits per heavy atom. The molecule has 174 valence electrons. The van der Waals surface area contributed by atoms with E-state index in [4.69, 9.17) is 16.3 Å². The molecule has 2 aliphatic heterocycles. The number of aryl methyl sites for hydroxylation is 1. The van der Waals surface area contributed by atoms with Crippen LogP contribution in [0.2, 0.25) is 5.02 Å². The summed E-state index contributed by atoms with van der Waals surface area (Å²) < 4.78 is 7.61. The lowest BCUT2D eigenvalue weighted by atomic mass is 10.2. The molecule has 0 radical (unpaired) electrons. The Hall–Kier alpha value is -3.00. The van der Waals surface area contributed by atoms with Gasteiger partial charge in [0, 0.05) is 40.9 Å². The van der Waals surface area contributed by atoms with Crippen LogP contribution in [-0.4, -0.2) is 42.0 Å². The first-order valence-corrected chi connectivity index (χ1v) is 12.3. The second-order valence-electron chi connectivity index (χ2n) is 8.27. The maximum Gasteiger partial charge on any atom is 0.298 e. The van der Waals surface area contributed by atoms with E-state index in [0.717, 1.165) is 60.7 Å². The van der Waals surface area contributed by atoms with E-state index in [9.17, 15) is 9.59 Å². The van der Waals surface area contributed by atoms with Crippen molar-refractivity contribution in [3.63, 3.8) is 0 Å². The molecule has 2 fully saturated rings. The highest BCUT2D eigenvalue weighted by Gasteiger charge is 2.36. The predicted molar refractivity (Wildman–Crippen MR) is 138 cm³/mol. The number of benzene rings is 2. The van der Waals surface area contributed by atoms with Gasteiger partial charge in [0.2, 0.25) is 0 Å². The van der Waals surface area contributed by atoms with Gasteiger partial charge in [-0.05, 0) is 91.8 Å². The second kappa shape index (κ2) is 9.33. The smallest absolute Gasteiger partial charge is 0.298 e. The molecular formula is C26H24ClN3O3S. The summed E-state index contributed by atoms with van der Waals surface area (Å²) in [6, 6.07) is 17.2. The number of morpholine rings is 1. The van der Waals surface area contributed by atoms with Crippen LogP contribution in [0.1, 0.15) is 17.0 Å². The highest BCUT2D eigenvalue weighted by molar-refractivity contribution is 8.19. The first-order chi connectivity index (χ1) is 16.4. The minimum Gasteiger partial charge on any atom is -0.378 e. The summed E-state index contributed by atoms with van der Waals surface area (Å²) in [7, 11) is 0. The van der Waals surface area contributed by atoms with Crippen molar-refractivity contribution < 1.29 is 14.3 Å². The molecule has 1 aromatic heterocycles. The maximum atomic E-state index is 13.0. The number of anilines is 2. The molecule has 6 nitrogen and oxygen atoms in total. The van der Waals surface area contributed by atoms with Crippen molar-refractivity contribution in [3.05, 3.63) is 81.5 Å². The summed E-state index contributed by atoms with van der Waals surface area (Å²) in [6.45, 7) is 7.37. The van der Waals surface area contributed by atoms with Crippen molar-refractivity contribution in [3.8, 4) is 5.69 Å². The molecule has 0 spiro atoms. The van der Waals surface area contributed by atoms with Crippen LogP contribution in [0, 0.1) is 13.8 Å². The molecule has 0 saturated carbocycles. The van der Waals surface area contributed by atoms with E-state index in [2.05, 4.69) is 33.7 Å². The van der Waals surface area contributed by atoms with Gasteiger partial charge in [0.15, 0.2) is 0 Å². The van der Waals surface area contributed by atoms with Crippen LogP contribution in [0.25, 0.3) is 11.8 Å². The molecule has 0 bridgehead atoms. The van der Waals surface area contributed by atoms with Crippen molar-refractivity contribution in [2.75, 3.05) is 36.1 Å². The second-order valence-corrected chi connectivity index (χ2v) is 9.70. The lowest BCUT2D eigenvalue weighted by Gasteiger charge is -2.29. The number of ether oxygens (including phenoxy) is 1. The average Bonchev–Trinajstić information content (AvgIpc) is 3.28.